The van der Waals surface area contributed by atoms with Gasteiger partial charge in [-0.25, -0.2) is 4.79 Å². The molecule has 6 heteroatoms. The molecule has 0 fully saturated rings. The average Bonchev–Trinajstić information content (AvgIpc) is 2.38. The molecule has 0 unspecified atom stereocenters. The van der Waals surface area contributed by atoms with E-state index in [1.54, 1.807) is 6.08 Å². The van der Waals surface area contributed by atoms with E-state index in [-0.39, 0.29) is 0 Å². The molecule has 0 bridgehead atoms. The zero-order valence-corrected chi connectivity index (χ0v) is 12.2. The molecule has 0 rings (SSSR count). The molecule has 0 atom stereocenters. The minimum Gasteiger partial charge on any atom is -0.466 e. The minimum atomic E-state index is -3.09. The summed E-state index contributed by atoms with van der Waals surface area (Å²) in [5.41, 5.74) is 0. The van der Waals surface area contributed by atoms with E-state index < -0.39 is 14.8 Å². The number of esters is 1. The van der Waals surface area contributed by atoms with Crippen LogP contribution in [0.3, 0.4) is 0 Å². The van der Waals surface area contributed by atoms with Gasteiger partial charge in [0.05, 0.1) is 7.11 Å². The normalized spacial score (nSPS) is 12.6. The Hall–Kier alpha value is -0.693. The molecule has 0 aromatic rings. The lowest BCUT2D eigenvalue weighted by atomic mass is 10.2. The molecule has 100 valence electrons. The van der Waals surface area contributed by atoms with Crippen LogP contribution in [0.15, 0.2) is 11.3 Å². The Morgan fingerprint density at radius 1 is 1.12 bits per heavy atom. The highest BCUT2D eigenvalue weighted by molar-refractivity contribution is 6.73. The summed E-state index contributed by atoms with van der Waals surface area (Å²) in [5.74, 6) is -0.460. The lowest BCUT2D eigenvalue weighted by molar-refractivity contribution is -0.136. The predicted octanol–water partition coefficient (Wildman–Crippen LogP) is 1.69. The van der Waals surface area contributed by atoms with E-state index in [0.717, 1.165) is 19.3 Å². The first-order chi connectivity index (χ1) is 8.11. The van der Waals surface area contributed by atoms with Gasteiger partial charge in [0.25, 0.3) is 0 Å². The van der Waals surface area contributed by atoms with E-state index in [1.165, 1.54) is 28.4 Å². The Bertz CT molecular complexity index is 252. The largest absolute Gasteiger partial charge is 0.543 e. The first kappa shape index (κ1) is 16.3. The third-order valence-electron chi connectivity index (χ3n) is 2.45. The first-order valence-electron chi connectivity index (χ1n) is 5.56. The Balaban J connectivity index is 5.12. The second kappa shape index (κ2) is 8.41. The molecule has 0 heterocycles. The summed E-state index contributed by atoms with van der Waals surface area (Å²) in [6.07, 6.45) is 4.60. The van der Waals surface area contributed by atoms with Crippen LogP contribution in [0.25, 0.3) is 0 Å². The van der Waals surface area contributed by atoms with Crippen molar-refractivity contribution in [1.29, 1.82) is 0 Å². The fraction of sp³-hybridized carbons (Fsp3) is 0.727. The number of carbonyl (C=O) groups excluding carboxylic acids is 1. The number of unbranched alkanes of at least 4 members (excludes halogenated alkanes) is 2. The van der Waals surface area contributed by atoms with Crippen LogP contribution < -0.4 is 0 Å². The number of ether oxygens (including phenoxy) is 1. The van der Waals surface area contributed by atoms with Crippen molar-refractivity contribution in [3.63, 3.8) is 0 Å². The highest BCUT2D eigenvalue weighted by Crippen LogP contribution is 2.20. The maximum atomic E-state index is 11.7. The molecule has 0 radical (unpaired) electrons. The van der Waals surface area contributed by atoms with Crippen molar-refractivity contribution < 1.29 is 22.8 Å². The van der Waals surface area contributed by atoms with Crippen LogP contribution in [0.5, 0.6) is 0 Å². The van der Waals surface area contributed by atoms with Gasteiger partial charge in [-0.3, -0.25) is 0 Å². The van der Waals surface area contributed by atoms with E-state index in [4.69, 9.17) is 18.0 Å². The zero-order chi connectivity index (χ0) is 13.3. The van der Waals surface area contributed by atoms with Gasteiger partial charge in [0.2, 0.25) is 0 Å². The van der Waals surface area contributed by atoms with Crippen molar-refractivity contribution in [2.45, 2.75) is 26.2 Å². The highest BCUT2D eigenvalue weighted by Gasteiger charge is 2.47. The van der Waals surface area contributed by atoms with E-state index in [9.17, 15) is 4.79 Å². The molecule has 5 nitrogen and oxygen atoms in total. The second-order valence-corrected chi connectivity index (χ2v) is 6.30. The SMILES string of the molecule is CCCC/C=C(\C(=O)OC)[Si](OC)(OC)OC. The van der Waals surface area contributed by atoms with Crippen LogP contribution in [0.2, 0.25) is 0 Å². The Labute approximate surface area is 104 Å². The molecule has 0 aromatic carbocycles. The van der Waals surface area contributed by atoms with Crippen LogP contribution in [-0.4, -0.2) is 43.2 Å². The van der Waals surface area contributed by atoms with Gasteiger partial charge in [-0.2, -0.15) is 0 Å². The fourth-order valence-corrected chi connectivity index (χ4v) is 3.38. The standard InChI is InChI=1S/C11H22O5Si/c1-6-7-8-9-10(11(12)13-2)17(14-3,15-4)16-5/h9H,6-8H2,1-5H3/b10-9+. The third-order valence-corrected chi connectivity index (χ3v) is 5.13. The van der Waals surface area contributed by atoms with Crippen LogP contribution in [-0.2, 0) is 22.8 Å². The van der Waals surface area contributed by atoms with Crippen molar-refractivity contribution in [2.24, 2.45) is 0 Å². The van der Waals surface area contributed by atoms with Crippen LogP contribution in [0.4, 0.5) is 0 Å². The monoisotopic (exact) mass is 262 g/mol. The fourth-order valence-electron chi connectivity index (χ4n) is 1.47. The second-order valence-electron chi connectivity index (χ2n) is 3.42. The van der Waals surface area contributed by atoms with E-state index in [1.807, 2.05) is 0 Å². The summed E-state index contributed by atoms with van der Waals surface area (Å²) < 4.78 is 20.6. The van der Waals surface area contributed by atoms with Crippen LogP contribution in [0.1, 0.15) is 26.2 Å². The van der Waals surface area contributed by atoms with Crippen LogP contribution in [0, 0.1) is 0 Å². The molecule has 0 amide bonds. The topological polar surface area (TPSA) is 54.0 Å². The third kappa shape index (κ3) is 4.23. The molecule has 0 aliphatic carbocycles. The molecule has 17 heavy (non-hydrogen) atoms. The summed E-state index contributed by atoms with van der Waals surface area (Å²) >= 11 is 0. The van der Waals surface area contributed by atoms with E-state index in [2.05, 4.69) is 6.92 Å². The van der Waals surface area contributed by atoms with Gasteiger partial charge in [-0.15, -0.1) is 0 Å². The van der Waals surface area contributed by atoms with Gasteiger partial charge in [-0.1, -0.05) is 25.8 Å². The molecule has 0 aliphatic rings. The average molecular weight is 262 g/mol. The van der Waals surface area contributed by atoms with E-state index >= 15 is 0 Å². The maximum Gasteiger partial charge on any atom is 0.543 e. The predicted molar refractivity (Wildman–Crippen MR) is 66.4 cm³/mol. The minimum absolute atomic E-state index is 0.362. The summed E-state index contributed by atoms with van der Waals surface area (Å²) in [6, 6.07) is 0. The van der Waals surface area contributed by atoms with Gasteiger partial charge in [0.15, 0.2) is 0 Å². The molecule has 0 saturated heterocycles. The molecule has 0 aliphatic heterocycles. The van der Waals surface area contributed by atoms with Crippen molar-refractivity contribution >= 4 is 14.8 Å². The Kier molecular flexibility index (Phi) is 8.06. The first-order valence-corrected chi connectivity index (χ1v) is 7.28. The van der Waals surface area contributed by atoms with Gasteiger partial charge in [-0.05, 0) is 6.42 Å². The summed E-state index contributed by atoms with van der Waals surface area (Å²) in [5, 5.41) is 0.362. The molecule has 0 N–H and O–H groups in total. The maximum absolute atomic E-state index is 11.7. The van der Waals surface area contributed by atoms with Gasteiger partial charge in [0, 0.05) is 21.3 Å². The van der Waals surface area contributed by atoms with Crippen LogP contribution >= 0.6 is 0 Å². The number of rotatable bonds is 8. The molecular formula is C11H22O5Si. The lowest BCUT2D eigenvalue weighted by Gasteiger charge is -2.25. The van der Waals surface area contributed by atoms with Crippen molar-refractivity contribution in [2.75, 3.05) is 28.4 Å². The number of methoxy groups -OCH3 is 1. The Morgan fingerprint density at radius 2 is 1.65 bits per heavy atom. The van der Waals surface area contributed by atoms with Crippen molar-refractivity contribution in [3.05, 3.63) is 11.3 Å². The Morgan fingerprint density at radius 3 is 2.00 bits per heavy atom. The van der Waals surface area contributed by atoms with Gasteiger partial charge >= 0.3 is 14.8 Å². The number of hydrogen-bond acceptors (Lipinski definition) is 5. The summed E-state index contributed by atoms with van der Waals surface area (Å²) in [7, 11) is 2.64. The van der Waals surface area contributed by atoms with Gasteiger partial charge < -0.3 is 18.0 Å². The van der Waals surface area contributed by atoms with Crippen molar-refractivity contribution in [1.82, 2.24) is 0 Å². The lowest BCUT2D eigenvalue weighted by Crippen LogP contribution is -2.48. The number of carbonyl (C=O) groups is 1. The summed E-state index contributed by atoms with van der Waals surface area (Å²) in [4.78, 5) is 11.7. The van der Waals surface area contributed by atoms with Crippen molar-refractivity contribution in [3.8, 4) is 0 Å². The molecule has 0 spiro atoms. The van der Waals surface area contributed by atoms with Gasteiger partial charge in [0.1, 0.15) is 5.20 Å². The molecular weight excluding hydrogens is 240 g/mol. The zero-order valence-electron chi connectivity index (χ0n) is 11.2. The van der Waals surface area contributed by atoms with E-state index in [0.29, 0.717) is 5.20 Å². The number of hydrogen-bond donors (Lipinski definition) is 0. The summed E-state index contributed by atoms with van der Waals surface area (Å²) in [6.45, 7) is 2.08. The number of allylic oxidation sites excluding steroid dienone is 1. The highest BCUT2D eigenvalue weighted by atomic mass is 28.4. The quantitative estimate of drug-likeness (QED) is 0.288. The smallest absolute Gasteiger partial charge is 0.466 e. The molecule has 0 saturated carbocycles. The molecule has 0 aromatic heterocycles.